The molecule has 0 radical (unpaired) electrons. The quantitative estimate of drug-likeness (QED) is 0.291. The van der Waals surface area contributed by atoms with E-state index in [0.29, 0.717) is 11.3 Å². The maximum Gasteiger partial charge on any atom is 0.200 e. The fraction of sp³-hybridized carbons (Fsp3) is 0.100. The molecule has 0 spiro atoms. The van der Waals surface area contributed by atoms with E-state index in [1.807, 2.05) is 18.2 Å². The Balaban J connectivity index is 2.57. The predicted octanol–water partition coefficient (Wildman–Crippen LogP) is 1.19. The molecule has 70 valence electrons. The van der Waals surface area contributed by atoms with Gasteiger partial charge in [0.1, 0.15) is 12.7 Å². The summed E-state index contributed by atoms with van der Waals surface area (Å²) in [6.45, 7) is 0. The highest BCUT2D eigenvalue weighted by atomic mass is 16.5. The molecule has 2 rings (SSSR count). The van der Waals surface area contributed by atoms with Gasteiger partial charge in [-0.1, -0.05) is 0 Å². The molecule has 0 atom stereocenters. The zero-order valence-corrected chi connectivity index (χ0v) is 7.71. The maximum absolute atomic E-state index is 10.7. The number of hydrogen-bond acceptors (Lipinski definition) is 3. The molecule has 0 aromatic carbocycles. The van der Waals surface area contributed by atoms with Crippen LogP contribution in [0, 0.1) is 5.21 Å². The third-order valence-corrected chi connectivity index (χ3v) is 1.80. The highest BCUT2D eigenvalue weighted by Gasteiger charge is 1.98. The third kappa shape index (κ3) is 1.69. The minimum absolute atomic E-state index is 0.619. The highest BCUT2D eigenvalue weighted by Crippen LogP contribution is 2.07. The summed E-state index contributed by atoms with van der Waals surface area (Å²) < 4.78 is 0.719. The van der Waals surface area contributed by atoms with Gasteiger partial charge in [-0.05, 0) is 24.3 Å². The maximum atomic E-state index is 10.7. The molecule has 0 fully saturated rings. The van der Waals surface area contributed by atoms with Crippen molar-refractivity contribution >= 4 is 17.2 Å². The molecule has 4 nitrogen and oxygen atoms in total. The van der Waals surface area contributed by atoms with Gasteiger partial charge in [0.05, 0.1) is 0 Å². The summed E-state index contributed by atoms with van der Waals surface area (Å²) in [5, 5.41) is 11.7. The second-order valence-electron chi connectivity index (χ2n) is 2.96. The Hall–Kier alpha value is -1.97. The largest absolute Gasteiger partial charge is 0.624 e. The Morgan fingerprint density at radius 2 is 2.21 bits per heavy atom. The predicted molar refractivity (Wildman–Crippen MR) is 54.3 cm³/mol. The van der Waals surface area contributed by atoms with Gasteiger partial charge in [0, 0.05) is 11.6 Å². The molecule has 0 N–H and O–H groups in total. The van der Waals surface area contributed by atoms with Crippen molar-refractivity contribution in [1.29, 1.82) is 0 Å². The molecule has 0 aliphatic heterocycles. The Bertz CT molecular complexity index is 489. The van der Waals surface area contributed by atoms with Gasteiger partial charge in [0.15, 0.2) is 11.9 Å². The van der Waals surface area contributed by atoms with E-state index in [0.717, 1.165) is 10.1 Å². The van der Waals surface area contributed by atoms with E-state index in [1.54, 1.807) is 12.3 Å². The van der Waals surface area contributed by atoms with Crippen molar-refractivity contribution in [2.24, 2.45) is 0 Å². The van der Waals surface area contributed by atoms with Crippen LogP contribution in [0.4, 0.5) is 0 Å². The summed E-state index contributed by atoms with van der Waals surface area (Å²) in [5.74, 6) is 0. The molecule has 0 bridgehead atoms. The average Bonchev–Trinajstić information content (AvgIpc) is 2.17. The van der Waals surface area contributed by atoms with Crippen molar-refractivity contribution in [1.82, 2.24) is 9.97 Å². The van der Waals surface area contributed by atoms with Crippen LogP contribution in [0.15, 0.2) is 30.5 Å². The summed E-state index contributed by atoms with van der Waals surface area (Å²) in [5.41, 5.74) is 1.27. The normalized spacial score (nSPS) is 11.9. The second-order valence-corrected chi connectivity index (χ2v) is 2.96. The number of hydroxylamine groups is 1. The molecule has 2 aromatic rings. The Kier molecular flexibility index (Phi) is 2.10. The van der Waals surface area contributed by atoms with Gasteiger partial charge in [-0.3, -0.25) is 0 Å². The molecule has 4 heteroatoms. The van der Waals surface area contributed by atoms with Crippen LogP contribution in [0.5, 0.6) is 0 Å². The van der Waals surface area contributed by atoms with Crippen LogP contribution >= 0.6 is 0 Å². The fourth-order valence-corrected chi connectivity index (χ4v) is 1.23. The molecular formula is C10H9N3O. The molecule has 14 heavy (non-hydrogen) atoms. The first-order valence-electron chi connectivity index (χ1n) is 4.22. The fourth-order valence-electron chi connectivity index (χ4n) is 1.23. The molecule has 0 saturated carbocycles. The molecule has 0 unspecified atom stereocenters. The van der Waals surface area contributed by atoms with Gasteiger partial charge >= 0.3 is 0 Å². The zero-order chi connectivity index (χ0) is 9.97. The van der Waals surface area contributed by atoms with Crippen molar-refractivity contribution in [2.45, 2.75) is 0 Å². The summed E-state index contributed by atoms with van der Waals surface area (Å²) in [7, 11) is 1.42. The Morgan fingerprint density at radius 1 is 1.36 bits per heavy atom. The molecule has 0 amide bonds. The summed E-state index contributed by atoms with van der Waals surface area (Å²) in [4.78, 5) is 8.30. The number of rotatable bonds is 1. The molecule has 2 aromatic heterocycles. The first-order chi connectivity index (χ1) is 6.75. The second kappa shape index (κ2) is 3.41. The lowest BCUT2D eigenvalue weighted by Crippen LogP contribution is -2.00. The zero-order valence-electron chi connectivity index (χ0n) is 7.71. The van der Waals surface area contributed by atoms with Gasteiger partial charge in [-0.25, -0.2) is 14.7 Å². The van der Waals surface area contributed by atoms with Crippen LogP contribution in [-0.2, 0) is 0 Å². The first-order valence-corrected chi connectivity index (χ1v) is 4.22. The van der Waals surface area contributed by atoms with E-state index >= 15 is 0 Å². The van der Waals surface area contributed by atoms with E-state index in [4.69, 9.17) is 0 Å². The van der Waals surface area contributed by atoms with E-state index in [1.165, 1.54) is 13.3 Å². The molecule has 0 aliphatic carbocycles. The highest BCUT2D eigenvalue weighted by molar-refractivity contribution is 5.80. The van der Waals surface area contributed by atoms with Crippen molar-refractivity contribution in [3.05, 3.63) is 41.4 Å². The van der Waals surface area contributed by atoms with Crippen molar-refractivity contribution in [3.8, 4) is 0 Å². The first kappa shape index (κ1) is 8.62. The van der Waals surface area contributed by atoms with E-state index < -0.39 is 0 Å². The standard InChI is InChI=1S/C10H9N3O/c1-13(14)7-9-5-4-8-3-2-6-11-10(8)12-9/h2-7H,1H3/b13-7+. The number of pyridine rings is 2. The van der Waals surface area contributed by atoms with Crippen molar-refractivity contribution in [3.63, 3.8) is 0 Å². The van der Waals surface area contributed by atoms with Gasteiger partial charge in [0.25, 0.3) is 0 Å². The molecular weight excluding hydrogens is 178 g/mol. The number of fused-ring (bicyclic) bond motifs is 1. The summed E-state index contributed by atoms with van der Waals surface area (Å²) in [6.07, 6.45) is 3.09. The number of aromatic nitrogens is 2. The summed E-state index contributed by atoms with van der Waals surface area (Å²) >= 11 is 0. The van der Waals surface area contributed by atoms with Crippen LogP contribution in [0.25, 0.3) is 11.0 Å². The molecule has 0 aliphatic rings. The molecule has 2 heterocycles. The smallest absolute Gasteiger partial charge is 0.200 e. The topological polar surface area (TPSA) is 51.9 Å². The van der Waals surface area contributed by atoms with E-state index in [9.17, 15) is 5.21 Å². The van der Waals surface area contributed by atoms with Crippen LogP contribution in [0.3, 0.4) is 0 Å². The lowest BCUT2D eigenvalue weighted by atomic mass is 10.2. The van der Waals surface area contributed by atoms with Crippen LogP contribution in [0.1, 0.15) is 5.69 Å². The van der Waals surface area contributed by atoms with Crippen molar-refractivity contribution in [2.75, 3.05) is 7.05 Å². The minimum atomic E-state index is 0.619. The minimum Gasteiger partial charge on any atom is -0.624 e. The monoisotopic (exact) mass is 187 g/mol. The van der Waals surface area contributed by atoms with Gasteiger partial charge in [-0.15, -0.1) is 0 Å². The summed E-state index contributed by atoms with van der Waals surface area (Å²) in [6, 6.07) is 7.47. The van der Waals surface area contributed by atoms with Gasteiger partial charge in [0.2, 0.25) is 0 Å². The lowest BCUT2D eigenvalue weighted by Gasteiger charge is -1.97. The van der Waals surface area contributed by atoms with Crippen LogP contribution < -0.4 is 0 Å². The SMILES string of the molecule is C/[N+]([O-])=C\c1ccc2cccnc2n1. The number of hydrogen-bond donors (Lipinski definition) is 0. The third-order valence-electron chi connectivity index (χ3n) is 1.80. The van der Waals surface area contributed by atoms with Crippen molar-refractivity contribution < 1.29 is 4.74 Å². The molecule has 0 saturated heterocycles. The number of nitrogens with zero attached hydrogens (tertiary/aromatic N) is 3. The Labute approximate surface area is 81.1 Å². The van der Waals surface area contributed by atoms with Crippen LogP contribution in [-0.4, -0.2) is 28.0 Å². The van der Waals surface area contributed by atoms with Gasteiger partial charge < -0.3 is 5.21 Å². The Morgan fingerprint density at radius 3 is 3.00 bits per heavy atom. The van der Waals surface area contributed by atoms with E-state index in [-0.39, 0.29) is 0 Å². The average molecular weight is 187 g/mol. The van der Waals surface area contributed by atoms with Gasteiger partial charge in [-0.2, -0.15) is 0 Å². The van der Waals surface area contributed by atoms with Crippen LogP contribution in [0.2, 0.25) is 0 Å². The van der Waals surface area contributed by atoms with E-state index in [2.05, 4.69) is 9.97 Å². The lowest BCUT2D eigenvalue weighted by molar-refractivity contribution is -0.416.